The standard InChI is InChI=1S/C14H16FNOS/c1-8-6-10(7-9(2)12(8)15)13(16)14-11(17-3)4-5-18-14/h4-7,13H,16H2,1-3H3. The third-order valence-electron chi connectivity index (χ3n) is 2.98. The fraction of sp³-hybridized carbons (Fsp3) is 0.286. The van der Waals surface area contributed by atoms with Gasteiger partial charge in [-0.3, -0.25) is 0 Å². The Balaban J connectivity index is 2.43. The molecule has 0 saturated carbocycles. The van der Waals surface area contributed by atoms with Crippen LogP contribution in [0.5, 0.6) is 5.75 Å². The van der Waals surface area contributed by atoms with Gasteiger partial charge in [0.15, 0.2) is 0 Å². The van der Waals surface area contributed by atoms with Gasteiger partial charge in [-0.2, -0.15) is 0 Å². The summed E-state index contributed by atoms with van der Waals surface area (Å²) in [5.41, 5.74) is 8.38. The van der Waals surface area contributed by atoms with Crippen LogP contribution in [0.2, 0.25) is 0 Å². The average molecular weight is 265 g/mol. The molecular formula is C14H16FNOS. The summed E-state index contributed by atoms with van der Waals surface area (Å²) in [7, 11) is 1.62. The number of hydrogen-bond donors (Lipinski definition) is 1. The Morgan fingerprint density at radius 2 is 1.89 bits per heavy atom. The van der Waals surface area contributed by atoms with Crippen molar-refractivity contribution in [2.75, 3.05) is 7.11 Å². The molecule has 0 bridgehead atoms. The first-order chi connectivity index (χ1) is 8.54. The van der Waals surface area contributed by atoms with Crippen LogP contribution in [0.4, 0.5) is 4.39 Å². The zero-order valence-corrected chi connectivity index (χ0v) is 11.5. The van der Waals surface area contributed by atoms with Crippen molar-refractivity contribution in [2.24, 2.45) is 5.73 Å². The minimum absolute atomic E-state index is 0.163. The van der Waals surface area contributed by atoms with Crippen molar-refractivity contribution in [3.05, 3.63) is 51.0 Å². The van der Waals surface area contributed by atoms with E-state index in [0.717, 1.165) is 16.2 Å². The maximum absolute atomic E-state index is 13.6. The molecule has 2 N–H and O–H groups in total. The summed E-state index contributed by atoms with van der Waals surface area (Å²) in [6.07, 6.45) is 0. The van der Waals surface area contributed by atoms with Crippen LogP contribution in [0.1, 0.15) is 27.6 Å². The second-order valence-electron chi connectivity index (χ2n) is 4.30. The van der Waals surface area contributed by atoms with Gasteiger partial charge in [0.1, 0.15) is 11.6 Å². The van der Waals surface area contributed by atoms with Crippen LogP contribution in [0.3, 0.4) is 0 Å². The maximum Gasteiger partial charge on any atom is 0.134 e. The summed E-state index contributed by atoms with van der Waals surface area (Å²) < 4.78 is 18.9. The predicted octanol–water partition coefficient (Wildman–Crippen LogP) is 3.56. The summed E-state index contributed by atoms with van der Waals surface area (Å²) in [5, 5.41) is 1.94. The lowest BCUT2D eigenvalue weighted by molar-refractivity contribution is 0.411. The second kappa shape index (κ2) is 5.08. The topological polar surface area (TPSA) is 35.2 Å². The Bertz CT molecular complexity index is 542. The molecule has 0 fully saturated rings. The van der Waals surface area contributed by atoms with Crippen LogP contribution in [0, 0.1) is 19.7 Å². The van der Waals surface area contributed by atoms with Crippen molar-refractivity contribution in [3.63, 3.8) is 0 Å². The fourth-order valence-corrected chi connectivity index (χ4v) is 2.90. The van der Waals surface area contributed by atoms with Gasteiger partial charge in [-0.1, -0.05) is 12.1 Å². The van der Waals surface area contributed by atoms with Gasteiger partial charge in [0.05, 0.1) is 18.0 Å². The lowest BCUT2D eigenvalue weighted by Crippen LogP contribution is -2.12. The molecule has 0 aliphatic heterocycles. The van der Waals surface area contributed by atoms with Crippen molar-refractivity contribution in [2.45, 2.75) is 19.9 Å². The van der Waals surface area contributed by atoms with Crippen molar-refractivity contribution in [3.8, 4) is 5.75 Å². The second-order valence-corrected chi connectivity index (χ2v) is 5.25. The SMILES string of the molecule is COc1ccsc1C(N)c1cc(C)c(F)c(C)c1. The van der Waals surface area contributed by atoms with E-state index in [9.17, 15) is 4.39 Å². The number of methoxy groups -OCH3 is 1. The summed E-state index contributed by atoms with van der Waals surface area (Å²) in [6, 6.07) is 5.21. The number of nitrogens with two attached hydrogens (primary N) is 1. The molecule has 1 aromatic carbocycles. The maximum atomic E-state index is 13.6. The van der Waals surface area contributed by atoms with Gasteiger partial charge < -0.3 is 10.5 Å². The molecule has 0 aliphatic carbocycles. The van der Waals surface area contributed by atoms with Crippen LogP contribution in [0.25, 0.3) is 0 Å². The Labute approximate surface area is 110 Å². The molecule has 2 rings (SSSR count). The Kier molecular flexibility index (Phi) is 3.68. The summed E-state index contributed by atoms with van der Waals surface area (Å²) in [5.74, 6) is 0.622. The molecule has 0 amide bonds. The number of ether oxygens (including phenoxy) is 1. The van der Waals surface area contributed by atoms with Crippen molar-refractivity contribution in [1.29, 1.82) is 0 Å². The molecule has 4 heteroatoms. The van der Waals surface area contributed by atoms with Gasteiger partial charge in [0.25, 0.3) is 0 Å². The van der Waals surface area contributed by atoms with E-state index in [0.29, 0.717) is 11.1 Å². The molecule has 0 radical (unpaired) electrons. The highest BCUT2D eigenvalue weighted by molar-refractivity contribution is 7.10. The van der Waals surface area contributed by atoms with Gasteiger partial charge in [0, 0.05) is 0 Å². The van der Waals surface area contributed by atoms with Crippen LogP contribution in [-0.2, 0) is 0 Å². The largest absolute Gasteiger partial charge is 0.496 e. The van der Waals surface area contributed by atoms with E-state index >= 15 is 0 Å². The van der Waals surface area contributed by atoms with Crippen molar-refractivity contribution < 1.29 is 9.13 Å². The summed E-state index contributed by atoms with van der Waals surface area (Å²) >= 11 is 1.55. The lowest BCUT2D eigenvalue weighted by atomic mass is 10.00. The van der Waals surface area contributed by atoms with Crippen LogP contribution in [-0.4, -0.2) is 7.11 Å². The highest BCUT2D eigenvalue weighted by atomic mass is 32.1. The molecule has 1 heterocycles. The molecule has 18 heavy (non-hydrogen) atoms. The Morgan fingerprint density at radius 3 is 2.44 bits per heavy atom. The molecular weight excluding hydrogens is 249 g/mol. The Hall–Kier alpha value is -1.39. The third-order valence-corrected chi connectivity index (χ3v) is 3.96. The minimum Gasteiger partial charge on any atom is -0.496 e. The van der Waals surface area contributed by atoms with Crippen molar-refractivity contribution in [1.82, 2.24) is 0 Å². The molecule has 96 valence electrons. The van der Waals surface area contributed by atoms with Crippen LogP contribution in [0.15, 0.2) is 23.6 Å². The molecule has 0 spiro atoms. The molecule has 2 aromatic rings. The summed E-state index contributed by atoms with van der Waals surface area (Å²) in [4.78, 5) is 0.961. The average Bonchev–Trinajstić information content (AvgIpc) is 2.82. The quantitative estimate of drug-likeness (QED) is 0.921. The Morgan fingerprint density at radius 1 is 1.28 bits per heavy atom. The van der Waals surface area contributed by atoms with E-state index in [1.54, 1.807) is 44.4 Å². The lowest BCUT2D eigenvalue weighted by Gasteiger charge is -2.14. The molecule has 1 unspecified atom stereocenters. The number of rotatable bonds is 3. The van der Waals surface area contributed by atoms with Gasteiger partial charge >= 0.3 is 0 Å². The number of hydrogen-bond acceptors (Lipinski definition) is 3. The van der Waals surface area contributed by atoms with Crippen molar-refractivity contribution >= 4 is 11.3 Å². The van der Waals surface area contributed by atoms with E-state index in [2.05, 4.69) is 0 Å². The van der Waals surface area contributed by atoms with Gasteiger partial charge in [-0.15, -0.1) is 11.3 Å². The zero-order chi connectivity index (χ0) is 13.3. The highest BCUT2D eigenvalue weighted by Crippen LogP contribution is 2.34. The van der Waals surface area contributed by atoms with Gasteiger partial charge in [-0.05, 0) is 42.0 Å². The summed E-state index contributed by atoms with van der Waals surface area (Å²) in [6.45, 7) is 3.51. The number of aryl methyl sites for hydroxylation is 2. The van der Waals surface area contributed by atoms with Crippen LogP contribution < -0.4 is 10.5 Å². The van der Waals surface area contributed by atoms with Gasteiger partial charge in [0.2, 0.25) is 0 Å². The zero-order valence-electron chi connectivity index (χ0n) is 10.7. The smallest absolute Gasteiger partial charge is 0.134 e. The third kappa shape index (κ3) is 2.26. The molecule has 1 aromatic heterocycles. The first-order valence-corrected chi connectivity index (χ1v) is 6.56. The number of halogens is 1. The van der Waals surface area contributed by atoms with E-state index in [1.807, 2.05) is 11.4 Å². The molecule has 0 aliphatic rings. The first kappa shape index (κ1) is 13.1. The van der Waals surface area contributed by atoms with Crippen LogP contribution >= 0.6 is 11.3 Å². The monoisotopic (exact) mass is 265 g/mol. The van der Waals surface area contributed by atoms with E-state index < -0.39 is 0 Å². The normalized spacial score (nSPS) is 12.5. The molecule has 2 nitrogen and oxygen atoms in total. The minimum atomic E-state index is -0.280. The van der Waals surface area contributed by atoms with Gasteiger partial charge in [-0.25, -0.2) is 4.39 Å². The molecule has 1 atom stereocenters. The number of thiophene rings is 1. The number of benzene rings is 1. The van der Waals surface area contributed by atoms with E-state index in [1.165, 1.54) is 0 Å². The predicted molar refractivity (Wildman–Crippen MR) is 72.8 cm³/mol. The molecule has 0 saturated heterocycles. The first-order valence-electron chi connectivity index (χ1n) is 5.68. The van der Waals surface area contributed by atoms with E-state index in [-0.39, 0.29) is 11.9 Å². The van der Waals surface area contributed by atoms with E-state index in [4.69, 9.17) is 10.5 Å². The fourth-order valence-electron chi connectivity index (χ4n) is 2.01. The highest BCUT2D eigenvalue weighted by Gasteiger charge is 2.17.